The van der Waals surface area contributed by atoms with Gasteiger partial charge < -0.3 is 20.0 Å². The van der Waals surface area contributed by atoms with E-state index in [2.05, 4.69) is 25.1 Å². The summed E-state index contributed by atoms with van der Waals surface area (Å²) < 4.78 is 61.4. The van der Waals surface area contributed by atoms with Crippen LogP contribution in [0, 0.1) is 16.7 Å². The van der Waals surface area contributed by atoms with Crippen molar-refractivity contribution in [3.63, 3.8) is 0 Å². The van der Waals surface area contributed by atoms with Crippen molar-refractivity contribution in [3.05, 3.63) is 125 Å². The first kappa shape index (κ1) is 29.7. The molecule has 0 aliphatic carbocycles. The molecule has 0 radical (unpaired) electrons. The Morgan fingerprint density at radius 1 is 0.833 bits per heavy atom. The molecule has 1 atom stereocenters. The Hall–Kier alpha value is -5.31. The summed E-state index contributed by atoms with van der Waals surface area (Å²) in [6, 6.07) is 23.7. The molecule has 4 rings (SSSR count). The lowest BCUT2D eigenvalue weighted by atomic mass is 9.86. The third-order valence-corrected chi connectivity index (χ3v) is 6.13. The Balaban J connectivity index is 1.63. The number of halogens is 4. The summed E-state index contributed by atoms with van der Waals surface area (Å²) >= 11 is 0. The van der Waals surface area contributed by atoms with Gasteiger partial charge in [0, 0.05) is 23.7 Å². The van der Waals surface area contributed by atoms with E-state index in [0.717, 1.165) is 22.8 Å². The Morgan fingerprint density at radius 3 is 2.12 bits per heavy atom. The number of nitriles is 1. The molecule has 0 bridgehead atoms. The quantitative estimate of drug-likeness (QED) is 0.0434. The lowest BCUT2D eigenvalue weighted by Crippen LogP contribution is -2.26. The lowest BCUT2D eigenvalue weighted by molar-refractivity contribution is -0.605. The van der Waals surface area contributed by atoms with Crippen molar-refractivity contribution in [1.29, 1.82) is 5.26 Å². The number of aromatic nitrogens is 1. The number of nitrogens with one attached hydrogen (secondary N) is 2. The first-order valence-corrected chi connectivity index (χ1v) is 12.6. The standard InChI is InChI=1S/C30H25F4N5O3/c31-28(32)41-26-11-8-23(17-27(26)42-29(33)34)25(16-20-12-14-39(40)15-13-20)22-6-9-24(10-7-22)38-30(37-19-35)36-18-21-4-2-1-3-5-21/h1-15,17,25,28-29H,16,18H2,(H2,36,37,38)/t25-/m1/s1. The molecule has 0 aliphatic heterocycles. The highest BCUT2D eigenvalue weighted by Gasteiger charge is 2.21. The Morgan fingerprint density at radius 2 is 1.48 bits per heavy atom. The molecule has 4 aromatic rings. The van der Waals surface area contributed by atoms with Crippen LogP contribution in [0.2, 0.25) is 0 Å². The Labute approximate surface area is 239 Å². The van der Waals surface area contributed by atoms with E-state index in [9.17, 15) is 22.8 Å². The Kier molecular flexibility index (Phi) is 10.1. The second kappa shape index (κ2) is 14.4. The van der Waals surface area contributed by atoms with Crippen molar-refractivity contribution in [3.8, 4) is 17.7 Å². The molecule has 12 heteroatoms. The van der Waals surface area contributed by atoms with Crippen LogP contribution in [-0.2, 0) is 13.0 Å². The molecule has 0 saturated heterocycles. The van der Waals surface area contributed by atoms with Crippen molar-refractivity contribution in [2.75, 3.05) is 5.32 Å². The lowest BCUT2D eigenvalue weighted by Gasteiger charge is -2.21. The van der Waals surface area contributed by atoms with Gasteiger partial charge in [-0.2, -0.15) is 27.6 Å². The van der Waals surface area contributed by atoms with Crippen LogP contribution >= 0.6 is 0 Å². The van der Waals surface area contributed by atoms with Gasteiger partial charge in [0.1, 0.15) is 0 Å². The molecule has 42 heavy (non-hydrogen) atoms. The number of benzene rings is 3. The minimum atomic E-state index is -3.26. The largest absolute Gasteiger partial charge is 0.619 e. The highest BCUT2D eigenvalue weighted by Crippen LogP contribution is 2.37. The van der Waals surface area contributed by atoms with Crippen molar-refractivity contribution < 1.29 is 31.8 Å². The van der Waals surface area contributed by atoms with Gasteiger partial charge in [0.25, 0.3) is 0 Å². The van der Waals surface area contributed by atoms with E-state index < -0.39 is 30.6 Å². The smallest absolute Gasteiger partial charge is 0.387 e. The first-order valence-electron chi connectivity index (χ1n) is 12.6. The summed E-state index contributed by atoms with van der Waals surface area (Å²) in [5.41, 5.74) is 3.58. The maximum absolute atomic E-state index is 13.1. The summed E-state index contributed by atoms with van der Waals surface area (Å²) in [6.45, 7) is -6.15. The molecule has 0 aliphatic rings. The predicted octanol–water partition coefficient (Wildman–Crippen LogP) is 5.94. The average molecular weight is 580 g/mol. The van der Waals surface area contributed by atoms with Crippen LogP contribution in [0.3, 0.4) is 0 Å². The summed E-state index contributed by atoms with van der Waals surface area (Å²) in [7, 11) is 0. The topological polar surface area (TPSA) is 106 Å². The minimum Gasteiger partial charge on any atom is -0.619 e. The van der Waals surface area contributed by atoms with Gasteiger partial charge in [0.2, 0.25) is 5.96 Å². The van der Waals surface area contributed by atoms with Crippen LogP contribution < -0.4 is 24.8 Å². The molecular weight excluding hydrogens is 554 g/mol. The molecule has 0 unspecified atom stereocenters. The fraction of sp³-hybridized carbons (Fsp3) is 0.167. The predicted molar refractivity (Wildman–Crippen MR) is 147 cm³/mol. The van der Waals surface area contributed by atoms with Crippen molar-refractivity contribution in [1.82, 2.24) is 5.32 Å². The number of pyridine rings is 1. The van der Waals surface area contributed by atoms with E-state index in [1.165, 1.54) is 24.5 Å². The van der Waals surface area contributed by atoms with Gasteiger partial charge in [-0.25, -0.2) is 4.99 Å². The van der Waals surface area contributed by atoms with E-state index in [0.29, 0.717) is 28.9 Å². The number of hydrogen-bond acceptors (Lipinski definition) is 5. The second-order valence-electron chi connectivity index (χ2n) is 8.92. The van der Waals surface area contributed by atoms with E-state index in [-0.39, 0.29) is 5.96 Å². The number of rotatable bonds is 11. The molecular formula is C30H25F4N5O3. The van der Waals surface area contributed by atoms with E-state index in [4.69, 9.17) is 5.26 Å². The number of nitrogens with zero attached hydrogens (tertiary/aromatic N) is 3. The number of guanidine groups is 1. The number of alkyl halides is 4. The first-order chi connectivity index (χ1) is 20.3. The normalized spacial score (nSPS) is 12.1. The van der Waals surface area contributed by atoms with Crippen molar-refractivity contribution in [2.24, 2.45) is 4.99 Å². The van der Waals surface area contributed by atoms with Gasteiger partial charge in [-0.15, -0.1) is 0 Å². The molecule has 0 fully saturated rings. The van der Waals surface area contributed by atoms with Crippen LogP contribution in [0.1, 0.15) is 28.2 Å². The highest BCUT2D eigenvalue weighted by atomic mass is 19.3. The van der Waals surface area contributed by atoms with Crippen LogP contribution in [-0.4, -0.2) is 19.2 Å². The second-order valence-corrected chi connectivity index (χ2v) is 8.92. The summed E-state index contributed by atoms with van der Waals surface area (Å²) in [4.78, 5) is 4.41. The summed E-state index contributed by atoms with van der Waals surface area (Å²) in [5.74, 6) is -1.26. The van der Waals surface area contributed by atoms with Crippen LogP contribution in [0.25, 0.3) is 0 Å². The third kappa shape index (κ3) is 8.59. The molecule has 1 heterocycles. The summed E-state index contributed by atoms with van der Waals surface area (Å²) in [5, 5.41) is 26.3. The van der Waals surface area contributed by atoms with Gasteiger partial charge in [-0.05, 0) is 52.9 Å². The molecule has 0 saturated carbocycles. The maximum Gasteiger partial charge on any atom is 0.387 e. The van der Waals surface area contributed by atoms with Crippen LogP contribution in [0.4, 0.5) is 23.2 Å². The molecule has 1 aromatic heterocycles. The SMILES string of the molecule is N#CNC(=NCc1ccccc1)Nc1ccc([C@@H](Cc2cc[n+]([O-])cc2)c2ccc(OC(F)F)c(OC(F)F)c2)cc1. The highest BCUT2D eigenvalue weighted by molar-refractivity contribution is 5.94. The van der Waals surface area contributed by atoms with Gasteiger partial charge in [-0.1, -0.05) is 48.5 Å². The molecule has 216 valence electrons. The minimum absolute atomic E-state index is 0.240. The van der Waals surface area contributed by atoms with Gasteiger partial charge >= 0.3 is 13.2 Å². The number of aliphatic imine (C=N–C) groups is 1. The average Bonchev–Trinajstić information content (AvgIpc) is 2.97. The molecule has 0 spiro atoms. The van der Waals surface area contributed by atoms with E-state index in [1.54, 1.807) is 36.4 Å². The number of anilines is 1. The zero-order chi connectivity index (χ0) is 29.9. The van der Waals surface area contributed by atoms with Crippen LogP contribution in [0.5, 0.6) is 11.5 Å². The zero-order valence-electron chi connectivity index (χ0n) is 22.0. The summed E-state index contributed by atoms with van der Waals surface area (Å²) in [6.07, 6.45) is 4.87. The van der Waals surface area contributed by atoms with E-state index >= 15 is 0 Å². The van der Waals surface area contributed by atoms with Crippen molar-refractivity contribution in [2.45, 2.75) is 32.1 Å². The monoisotopic (exact) mass is 579 g/mol. The fourth-order valence-corrected chi connectivity index (χ4v) is 4.22. The van der Waals surface area contributed by atoms with Gasteiger partial charge in [-0.3, -0.25) is 5.32 Å². The Bertz CT molecular complexity index is 1510. The molecule has 2 N–H and O–H groups in total. The number of hydrogen-bond donors (Lipinski definition) is 2. The van der Waals surface area contributed by atoms with Gasteiger partial charge in [0.15, 0.2) is 30.1 Å². The third-order valence-electron chi connectivity index (χ3n) is 6.13. The van der Waals surface area contributed by atoms with Gasteiger partial charge in [0.05, 0.1) is 6.54 Å². The maximum atomic E-state index is 13.1. The van der Waals surface area contributed by atoms with E-state index in [1.807, 2.05) is 36.5 Å². The fourth-order valence-electron chi connectivity index (χ4n) is 4.22. The molecule has 0 amide bonds. The molecule has 8 nitrogen and oxygen atoms in total. The van der Waals surface area contributed by atoms with Crippen molar-refractivity contribution >= 4 is 11.6 Å². The van der Waals surface area contributed by atoms with Crippen LogP contribution in [0.15, 0.2) is 102 Å². The number of ether oxygens (including phenoxy) is 2. The molecule has 3 aromatic carbocycles. The zero-order valence-corrected chi connectivity index (χ0v) is 22.0.